The second-order valence-electron chi connectivity index (χ2n) is 2.46. The SMILES string of the molecule is CCOCCO.CCOCCOC(C)=O. The molecule has 0 saturated carbocycles. The Balaban J connectivity index is 0. The molecule has 1 N–H and O–H groups in total. The van der Waals surface area contributed by atoms with Gasteiger partial charge in [-0.2, -0.15) is 0 Å². The lowest BCUT2D eigenvalue weighted by Gasteiger charge is -1.99. The predicted molar refractivity (Wildman–Crippen MR) is 56.7 cm³/mol. The summed E-state index contributed by atoms with van der Waals surface area (Å²) in [5.74, 6) is -0.255. The lowest BCUT2D eigenvalue weighted by Crippen LogP contribution is -2.06. The fraction of sp³-hybridized carbons (Fsp3) is 0.900. The lowest BCUT2D eigenvalue weighted by molar-refractivity contribution is -0.142. The second-order valence-corrected chi connectivity index (χ2v) is 2.46. The summed E-state index contributed by atoms with van der Waals surface area (Å²) in [5, 5.41) is 8.07. The Bertz CT molecular complexity index is 123. The van der Waals surface area contributed by atoms with E-state index in [0.29, 0.717) is 33.0 Å². The largest absolute Gasteiger partial charge is 0.463 e. The van der Waals surface area contributed by atoms with Gasteiger partial charge in [0.1, 0.15) is 6.61 Å². The molecular formula is C10H22O5. The van der Waals surface area contributed by atoms with E-state index in [2.05, 4.69) is 4.74 Å². The summed E-state index contributed by atoms with van der Waals surface area (Å²) in [5.41, 5.74) is 0. The average Bonchev–Trinajstić information content (AvgIpc) is 2.22. The third-order valence-corrected chi connectivity index (χ3v) is 1.18. The minimum Gasteiger partial charge on any atom is -0.463 e. The summed E-state index contributed by atoms with van der Waals surface area (Å²) in [7, 11) is 0. The molecule has 0 fully saturated rings. The van der Waals surface area contributed by atoms with E-state index in [4.69, 9.17) is 14.6 Å². The number of esters is 1. The number of aliphatic hydroxyl groups excluding tert-OH is 1. The van der Waals surface area contributed by atoms with Crippen LogP contribution in [0.1, 0.15) is 20.8 Å². The van der Waals surface area contributed by atoms with Gasteiger partial charge in [0.15, 0.2) is 0 Å². The Morgan fingerprint density at radius 1 is 1.07 bits per heavy atom. The van der Waals surface area contributed by atoms with E-state index in [1.807, 2.05) is 13.8 Å². The van der Waals surface area contributed by atoms with Gasteiger partial charge in [-0.05, 0) is 13.8 Å². The molecule has 0 aromatic heterocycles. The van der Waals surface area contributed by atoms with Crippen LogP contribution in [0.2, 0.25) is 0 Å². The van der Waals surface area contributed by atoms with Crippen molar-refractivity contribution in [1.82, 2.24) is 0 Å². The standard InChI is InChI=1S/C6H12O3.C4H10O2/c1-3-8-4-5-9-6(2)7;1-2-6-4-3-5/h3-5H2,1-2H3;5H,2-4H2,1H3. The summed E-state index contributed by atoms with van der Waals surface area (Å²) < 4.78 is 14.2. The number of rotatable bonds is 7. The summed E-state index contributed by atoms with van der Waals surface area (Å²) in [6.07, 6.45) is 0. The quantitative estimate of drug-likeness (QED) is 0.505. The van der Waals surface area contributed by atoms with Crippen molar-refractivity contribution in [1.29, 1.82) is 0 Å². The normalized spacial score (nSPS) is 9.07. The van der Waals surface area contributed by atoms with Crippen LogP contribution < -0.4 is 0 Å². The molecule has 5 nitrogen and oxygen atoms in total. The van der Waals surface area contributed by atoms with Crippen LogP contribution in [-0.2, 0) is 19.0 Å². The minimum atomic E-state index is -0.255. The molecule has 0 aliphatic heterocycles. The summed E-state index contributed by atoms with van der Waals surface area (Å²) in [6.45, 7) is 8.00. The molecule has 15 heavy (non-hydrogen) atoms. The molecule has 0 atom stereocenters. The molecule has 0 heterocycles. The molecule has 0 amide bonds. The molecule has 0 aromatic rings. The van der Waals surface area contributed by atoms with Crippen LogP contribution in [0, 0.1) is 0 Å². The Morgan fingerprint density at radius 3 is 1.93 bits per heavy atom. The fourth-order valence-electron chi connectivity index (χ4n) is 0.598. The van der Waals surface area contributed by atoms with Gasteiger partial charge in [-0.3, -0.25) is 4.79 Å². The summed E-state index contributed by atoms with van der Waals surface area (Å²) in [4.78, 5) is 10.1. The third kappa shape index (κ3) is 24.7. The van der Waals surface area contributed by atoms with Gasteiger partial charge in [0.25, 0.3) is 0 Å². The van der Waals surface area contributed by atoms with Crippen molar-refractivity contribution >= 4 is 5.97 Å². The Labute approximate surface area is 91.3 Å². The first kappa shape index (κ1) is 16.8. The van der Waals surface area contributed by atoms with Crippen LogP contribution >= 0.6 is 0 Å². The first-order valence-corrected chi connectivity index (χ1v) is 5.08. The topological polar surface area (TPSA) is 65.0 Å². The van der Waals surface area contributed by atoms with Gasteiger partial charge < -0.3 is 19.3 Å². The molecule has 0 rings (SSSR count). The number of carbonyl (C=O) groups is 1. The van der Waals surface area contributed by atoms with Gasteiger partial charge in [-0.1, -0.05) is 0 Å². The highest BCUT2D eigenvalue weighted by molar-refractivity contribution is 5.65. The second kappa shape index (κ2) is 15.8. The lowest BCUT2D eigenvalue weighted by atomic mass is 10.7. The maximum Gasteiger partial charge on any atom is 0.302 e. The Morgan fingerprint density at radius 2 is 1.60 bits per heavy atom. The molecule has 5 heteroatoms. The Hall–Kier alpha value is -0.650. The first-order valence-electron chi connectivity index (χ1n) is 5.08. The molecule has 0 bridgehead atoms. The molecule has 0 aliphatic carbocycles. The number of hydrogen-bond donors (Lipinski definition) is 1. The van der Waals surface area contributed by atoms with Crippen LogP contribution in [0.5, 0.6) is 0 Å². The highest BCUT2D eigenvalue weighted by Gasteiger charge is 1.89. The summed E-state index contributed by atoms with van der Waals surface area (Å²) >= 11 is 0. The van der Waals surface area contributed by atoms with Crippen molar-refractivity contribution in [3.8, 4) is 0 Å². The predicted octanol–water partition coefficient (Wildman–Crippen LogP) is 0.601. The van der Waals surface area contributed by atoms with Crippen LogP contribution in [-0.4, -0.2) is 50.7 Å². The van der Waals surface area contributed by atoms with Gasteiger partial charge in [-0.15, -0.1) is 0 Å². The molecule has 92 valence electrons. The molecule has 0 unspecified atom stereocenters. The van der Waals surface area contributed by atoms with Crippen LogP contribution in [0.4, 0.5) is 0 Å². The summed E-state index contributed by atoms with van der Waals surface area (Å²) in [6, 6.07) is 0. The van der Waals surface area contributed by atoms with Crippen molar-refractivity contribution in [2.45, 2.75) is 20.8 Å². The number of carbonyl (C=O) groups excluding carboxylic acids is 1. The van der Waals surface area contributed by atoms with Crippen LogP contribution in [0.25, 0.3) is 0 Å². The van der Waals surface area contributed by atoms with E-state index in [1.54, 1.807) is 0 Å². The monoisotopic (exact) mass is 222 g/mol. The molecule has 0 spiro atoms. The van der Waals surface area contributed by atoms with Crippen molar-refractivity contribution < 1.29 is 24.1 Å². The highest BCUT2D eigenvalue weighted by Crippen LogP contribution is 1.77. The van der Waals surface area contributed by atoms with Crippen LogP contribution in [0.3, 0.4) is 0 Å². The van der Waals surface area contributed by atoms with E-state index >= 15 is 0 Å². The number of hydrogen-bond acceptors (Lipinski definition) is 5. The zero-order valence-electron chi connectivity index (χ0n) is 9.82. The van der Waals surface area contributed by atoms with E-state index in [0.717, 1.165) is 0 Å². The van der Waals surface area contributed by atoms with Crippen molar-refractivity contribution in [2.75, 3.05) is 39.6 Å². The van der Waals surface area contributed by atoms with Gasteiger partial charge >= 0.3 is 5.97 Å². The average molecular weight is 222 g/mol. The van der Waals surface area contributed by atoms with Gasteiger partial charge in [0.2, 0.25) is 0 Å². The molecule has 0 aliphatic rings. The minimum absolute atomic E-state index is 0.133. The highest BCUT2D eigenvalue weighted by atomic mass is 16.6. The zero-order valence-corrected chi connectivity index (χ0v) is 9.82. The van der Waals surface area contributed by atoms with Crippen LogP contribution in [0.15, 0.2) is 0 Å². The number of aliphatic hydroxyl groups is 1. The van der Waals surface area contributed by atoms with Crippen molar-refractivity contribution in [3.05, 3.63) is 0 Å². The van der Waals surface area contributed by atoms with Gasteiger partial charge in [0, 0.05) is 20.1 Å². The molecule has 0 radical (unpaired) electrons. The molecular weight excluding hydrogens is 200 g/mol. The van der Waals surface area contributed by atoms with Crippen molar-refractivity contribution in [3.63, 3.8) is 0 Å². The maximum atomic E-state index is 10.1. The fourth-order valence-corrected chi connectivity index (χ4v) is 0.598. The van der Waals surface area contributed by atoms with E-state index in [-0.39, 0.29) is 12.6 Å². The first-order chi connectivity index (χ1) is 7.18. The molecule has 0 aromatic carbocycles. The third-order valence-electron chi connectivity index (χ3n) is 1.18. The molecule has 0 saturated heterocycles. The van der Waals surface area contributed by atoms with E-state index < -0.39 is 0 Å². The zero-order chi connectivity index (χ0) is 11.9. The Kier molecular flexibility index (Phi) is 17.7. The van der Waals surface area contributed by atoms with E-state index in [9.17, 15) is 4.79 Å². The smallest absolute Gasteiger partial charge is 0.302 e. The van der Waals surface area contributed by atoms with E-state index in [1.165, 1.54) is 6.92 Å². The number of ether oxygens (including phenoxy) is 3. The van der Waals surface area contributed by atoms with Gasteiger partial charge in [0.05, 0.1) is 19.8 Å². The van der Waals surface area contributed by atoms with Crippen molar-refractivity contribution in [2.24, 2.45) is 0 Å². The maximum absolute atomic E-state index is 10.1. The van der Waals surface area contributed by atoms with Gasteiger partial charge in [-0.25, -0.2) is 0 Å².